The number of aromatic nitrogens is 2. The largest absolute Gasteiger partial charge is 0.354 e. The van der Waals surface area contributed by atoms with Crippen LogP contribution in [-0.2, 0) is 10.0 Å². The maximum Gasteiger partial charge on any atom is 0.243 e. The van der Waals surface area contributed by atoms with Crippen molar-refractivity contribution in [2.75, 3.05) is 18.4 Å². The van der Waals surface area contributed by atoms with Gasteiger partial charge in [0.05, 0.1) is 12.4 Å². The number of hydrogen-bond donors (Lipinski definition) is 2. The molecule has 1 aromatic rings. The molecular weight excluding hydrogens is 288 g/mol. The molecule has 0 bridgehead atoms. The predicted molar refractivity (Wildman–Crippen MR) is 82.5 cm³/mol. The van der Waals surface area contributed by atoms with E-state index in [4.69, 9.17) is 0 Å². The summed E-state index contributed by atoms with van der Waals surface area (Å²) in [6.07, 6.45) is 7.05. The van der Waals surface area contributed by atoms with Crippen molar-refractivity contribution < 1.29 is 8.42 Å². The van der Waals surface area contributed by atoms with Crippen LogP contribution in [0.5, 0.6) is 0 Å². The zero-order valence-electron chi connectivity index (χ0n) is 12.7. The van der Waals surface area contributed by atoms with E-state index in [1.807, 2.05) is 6.92 Å². The van der Waals surface area contributed by atoms with E-state index in [2.05, 4.69) is 26.9 Å². The third-order valence-corrected chi connectivity index (χ3v) is 5.22. The summed E-state index contributed by atoms with van der Waals surface area (Å²) in [5.74, 6) is 1.60. The summed E-state index contributed by atoms with van der Waals surface area (Å²) in [6, 6.07) is 0. The number of anilines is 1. The van der Waals surface area contributed by atoms with E-state index < -0.39 is 10.0 Å². The SMILES string of the molecule is CCCNc1ncc(S(=O)(=O)NCC2CCC(C)C2)cn1. The second kappa shape index (κ2) is 7.17. The summed E-state index contributed by atoms with van der Waals surface area (Å²) >= 11 is 0. The third kappa shape index (κ3) is 4.64. The van der Waals surface area contributed by atoms with Crippen LogP contribution in [0.25, 0.3) is 0 Å². The van der Waals surface area contributed by atoms with Crippen molar-refractivity contribution in [3.8, 4) is 0 Å². The monoisotopic (exact) mass is 312 g/mol. The highest BCUT2D eigenvalue weighted by atomic mass is 32.2. The van der Waals surface area contributed by atoms with E-state index in [1.54, 1.807) is 0 Å². The first-order valence-electron chi connectivity index (χ1n) is 7.57. The van der Waals surface area contributed by atoms with Gasteiger partial charge in [0.15, 0.2) is 0 Å². The summed E-state index contributed by atoms with van der Waals surface area (Å²) in [6.45, 7) is 5.52. The molecule has 7 heteroatoms. The molecule has 0 saturated heterocycles. The van der Waals surface area contributed by atoms with Crippen molar-refractivity contribution in [2.45, 2.75) is 44.4 Å². The van der Waals surface area contributed by atoms with Gasteiger partial charge in [-0.3, -0.25) is 0 Å². The topological polar surface area (TPSA) is 84.0 Å². The summed E-state index contributed by atoms with van der Waals surface area (Å²) < 4.78 is 27.0. The van der Waals surface area contributed by atoms with Crippen LogP contribution in [0, 0.1) is 11.8 Å². The van der Waals surface area contributed by atoms with Gasteiger partial charge < -0.3 is 5.32 Å². The van der Waals surface area contributed by atoms with Gasteiger partial charge in [-0.15, -0.1) is 0 Å². The molecule has 1 aliphatic rings. The lowest BCUT2D eigenvalue weighted by molar-refractivity contribution is 0.498. The van der Waals surface area contributed by atoms with Gasteiger partial charge >= 0.3 is 0 Å². The van der Waals surface area contributed by atoms with E-state index in [1.165, 1.54) is 18.8 Å². The van der Waals surface area contributed by atoms with Crippen molar-refractivity contribution in [2.24, 2.45) is 11.8 Å². The first-order valence-corrected chi connectivity index (χ1v) is 9.05. The van der Waals surface area contributed by atoms with E-state index >= 15 is 0 Å². The molecule has 0 amide bonds. The molecule has 1 heterocycles. The molecule has 0 radical (unpaired) electrons. The molecule has 2 rings (SSSR count). The van der Waals surface area contributed by atoms with Crippen LogP contribution in [-0.4, -0.2) is 31.5 Å². The molecule has 21 heavy (non-hydrogen) atoms. The first-order chi connectivity index (χ1) is 10.0. The van der Waals surface area contributed by atoms with Gasteiger partial charge in [-0.1, -0.05) is 20.3 Å². The van der Waals surface area contributed by atoms with Crippen molar-refractivity contribution in [3.63, 3.8) is 0 Å². The standard InChI is InChI=1S/C14H24N4O2S/c1-3-6-15-14-16-9-13(10-17-14)21(19,20)18-8-12-5-4-11(2)7-12/h9-12,18H,3-8H2,1-2H3,(H,15,16,17). The van der Waals surface area contributed by atoms with Crippen LogP contribution in [0.15, 0.2) is 17.3 Å². The highest BCUT2D eigenvalue weighted by Crippen LogP contribution is 2.29. The van der Waals surface area contributed by atoms with E-state index in [9.17, 15) is 8.42 Å². The minimum absolute atomic E-state index is 0.121. The summed E-state index contributed by atoms with van der Waals surface area (Å²) in [5, 5.41) is 3.02. The Hall–Kier alpha value is -1.21. The van der Waals surface area contributed by atoms with Gasteiger partial charge in [0.1, 0.15) is 4.90 Å². The average Bonchev–Trinajstić information content (AvgIpc) is 2.89. The quantitative estimate of drug-likeness (QED) is 0.804. The molecule has 1 aliphatic carbocycles. The normalized spacial score (nSPS) is 22.4. The van der Waals surface area contributed by atoms with E-state index in [0.717, 1.165) is 25.8 Å². The molecule has 2 atom stereocenters. The fourth-order valence-corrected chi connectivity index (χ4v) is 3.61. The second-order valence-corrected chi connectivity index (χ2v) is 7.57. The highest BCUT2D eigenvalue weighted by molar-refractivity contribution is 7.89. The lowest BCUT2D eigenvalue weighted by Gasteiger charge is -2.11. The van der Waals surface area contributed by atoms with E-state index in [-0.39, 0.29) is 4.90 Å². The zero-order valence-corrected chi connectivity index (χ0v) is 13.5. The Morgan fingerprint density at radius 2 is 2.00 bits per heavy atom. The Labute approximate surface area is 126 Å². The molecule has 118 valence electrons. The molecule has 2 N–H and O–H groups in total. The van der Waals surface area contributed by atoms with E-state index in [0.29, 0.717) is 24.3 Å². The molecule has 0 aromatic carbocycles. The Balaban J connectivity index is 1.92. The number of nitrogens with zero attached hydrogens (tertiary/aromatic N) is 2. The van der Waals surface area contributed by atoms with Gasteiger partial charge in [-0.2, -0.15) is 0 Å². The zero-order chi connectivity index (χ0) is 15.3. The van der Waals surface area contributed by atoms with Gasteiger partial charge in [-0.05, 0) is 31.1 Å². The second-order valence-electron chi connectivity index (χ2n) is 5.81. The van der Waals surface area contributed by atoms with Gasteiger partial charge in [0.25, 0.3) is 0 Å². The van der Waals surface area contributed by atoms with Gasteiger partial charge in [-0.25, -0.2) is 23.1 Å². The molecule has 1 saturated carbocycles. The van der Waals surface area contributed by atoms with Crippen molar-refractivity contribution >= 4 is 16.0 Å². The van der Waals surface area contributed by atoms with Crippen LogP contribution >= 0.6 is 0 Å². The van der Waals surface area contributed by atoms with Crippen LogP contribution in [0.1, 0.15) is 39.5 Å². The predicted octanol–water partition coefficient (Wildman–Crippen LogP) is 2.01. The smallest absolute Gasteiger partial charge is 0.243 e. The van der Waals surface area contributed by atoms with Crippen LogP contribution in [0.3, 0.4) is 0 Å². The molecule has 2 unspecified atom stereocenters. The summed E-state index contributed by atoms with van der Waals surface area (Å²) in [4.78, 5) is 8.19. The molecule has 1 fully saturated rings. The third-order valence-electron chi connectivity index (χ3n) is 3.84. The Kier molecular flexibility index (Phi) is 5.52. The average molecular weight is 312 g/mol. The van der Waals surface area contributed by atoms with Crippen LogP contribution in [0.4, 0.5) is 5.95 Å². The molecular formula is C14H24N4O2S. The number of sulfonamides is 1. The lowest BCUT2D eigenvalue weighted by atomic mass is 10.1. The van der Waals surface area contributed by atoms with Gasteiger partial charge in [0.2, 0.25) is 16.0 Å². The fraction of sp³-hybridized carbons (Fsp3) is 0.714. The first kappa shape index (κ1) is 16.2. The molecule has 1 aromatic heterocycles. The fourth-order valence-electron chi connectivity index (χ4n) is 2.60. The Morgan fingerprint density at radius 3 is 2.57 bits per heavy atom. The Bertz CT molecular complexity index is 545. The molecule has 6 nitrogen and oxygen atoms in total. The minimum atomic E-state index is -3.51. The Morgan fingerprint density at radius 1 is 1.29 bits per heavy atom. The number of nitrogens with one attached hydrogen (secondary N) is 2. The van der Waals surface area contributed by atoms with Crippen molar-refractivity contribution in [3.05, 3.63) is 12.4 Å². The van der Waals surface area contributed by atoms with Gasteiger partial charge in [0, 0.05) is 13.1 Å². The lowest BCUT2D eigenvalue weighted by Crippen LogP contribution is -2.29. The van der Waals surface area contributed by atoms with Crippen molar-refractivity contribution in [1.29, 1.82) is 0 Å². The number of hydrogen-bond acceptors (Lipinski definition) is 5. The molecule has 0 aliphatic heterocycles. The summed E-state index contributed by atoms with van der Waals surface area (Å²) in [5.41, 5.74) is 0. The number of rotatable bonds is 7. The summed E-state index contributed by atoms with van der Waals surface area (Å²) in [7, 11) is -3.51. The minimum Gasteiger partial charge on any atom is -0.354 e. The maximum atomic E-state index is 12.2. The highest BCUT2D eigenvalue weighted by Gasteiger charge is 2.23. The van der Waals surface area contributed by atoms with Crippen LogP contribution < -0.4 is 10.0 Å². The maximum absolute atomic E-state index is 12.2. The molecule has 0 spiro atoms. The van der Waals surface area contributed by atoms with Crippen LogP contribution in [0.2, 0.25) is 0 Å². The van der Waals surface area contributed by atoms with Crippen molar-refractivity contribution in [1.82, 2.24) is 14.7 Å².